The molecular formula is C20H22N2O. The zero-order chi connectivity index (χ0) is 16.5. The van der Waals surface area contributed by atoms with E-state index in [0.29, 0.717) is 5.56 Å². The summed E-state index contributed by atoms with van der Waals surface area (Å²) in [6.07, 6.45) is 5.93. The maximum Gasteiger partial charge on any atom is 0.265 e. The molecule has 0 unspecified atom stereocenters. The number of hydrogen-bond acceptors (Lipinski definition) is 2. The Bertz CT molecular complexity index is 650. The molecule has 2 aromatic rings. The SMILES string of the molecule is C=C[C@H](C)[C@H](/C=C/c1ccccc1)NNC(=O)c1ccccc1. The number of amides is 1. The van der Waals surface area contributed by atoms with E-state index in [-0.39, 0.29) is 17.9 Å². The largest absolute Gasteiger partial charge is 0.287 e. The molecule has 2 N–H and O–H groups in total. The van der Waals surface area contributed by atoms with Gasteiger partial charge in [0.1, 0.15) is 0 Å². The Kier molecular flexibility index (Phi) is 6.33. The molecule has 0 saturated heterocycles. The molecule has 2 aromatic carbocycles. The molecule has 0 aliphatic heterocycles. The van der Waals surface area contributed by atoms with Crippen molar-refractivity contribution in [3.8, 4) is 0 Å². The topological polar surface area (TPSA) is 41.1 Å². The Labute approximate surface area is 137 Å². The Morgan fingerprint density at radius 3 is 2.26 bits per heavy atom. The predicted octanol–water partition coefficient (Wildman–Crippen LogP) is 3.83. The smallest absolute Gasteiger partial charge is 0.265 e. The lowest BCUT2D eigenvalue weighted by Gasteiger charge is -2.20. The summed E-state index contributed by atoms with van der Waals surface area (Å²) < 4.78 is 0. The summed E-state index contributed by atoms with van der Waals surface area (Å²) in [5, 5.41) is 0. The van der Waals surface area contributed by atoms with E-state index < -0.39 is 0 Å². The van der Waals surface area contributed by atoms with Gasteiger partial charge >= 0.3 is 0 Å². The molecule has 0 aromatic heterocycles. The molecular weight excluding hydrogens is 284 g/mol. The fraction of sp³-hybridized carbons (Fsp3) is 0.150. The molecule has 2 rings (SSSR count). The second-order valence-electron chi connectivity index (χ2n) is 5.35. The van der Waals surface area contributed by atoms with Crippen molar-refractivity contribution in [2.75, 3.05) is 0 Å². The fourth-order valence-electron chi connectivity index (χ4n) is 2.09. The molecule has 0 spiro atoms. The monoisotopic (exact) mass is 306 g/mol. The van der Waals surface area contributed by atoms with Gasteiger partial charge in [-0.3, -0.25) is 10.2 Å². The van der Waals surface area contributed by atoms with Gasteiger partial charge in [0.15, 0.2) is 0 Å². The fourth-order valence-corrected chi connectivity index (χ4v) is 2.09. The second kappa shape index (κ2) is 8.71. The number of benzene rings is 2. The Balaban J connectivity index is 2.00. The second-order valence-corrected chi connectivity index (χ2v) is 5.35. The molecule has 0 saturated carbocycles. The van der Waals surface area contributed by atoms with Gasteiger partial charge in [0.2, 0.25) is 0 Å². The first-order chi connectivity index (χ1) is 11.2. The summed E-state index contributed by atoms with van der Waals surface area (Å²) in [4.78, 5) is 12.1. The van der Waals surface area contributed by atoms with Crippen LogP contribution in [0.5, 0.6) is 0 Å². The van der Waals surface area contributed by atoms with Gasteiger partial charge in [-0.05, 0) is 23.6 Å². The number of carbonyl (C=O) groups is 1. The van der Waals surface area contributed by atoms with Gasteiger partial charge in [-0.2, -0.15) is 0 Å². The highest BCUT2D eigenvalue weighted by atomic mass is 16.2. The van der Waals surface area contributed by atoms with Crippen LogP contribution in [0.25, 0.3) is 6.08 Å². The van der Waals surface area contributed by atoms with E-state index in [9.17, 15) is 4.79 Å². The molecule has 0 bridgehead atoms. The van der Waals surface area contributed by atoms with Crippen LogP contribution in [0.4, 0.5) is 0 Å². The molecule has 0 aliphatic carbocycles. The summed E-state index contributed by atoms with van der Waals surface area (Å²) in [6, 6.07) is 19.1. The molecule has 118 valence electrons. The maximum absolute atomic E-state index is 12.1. The zero-order valence-electron chi connectivity index (χ0n) is 13.3. The van der Waals surface area contributed by atoms with Crippen LogP contribution in [0.3, 0.4) is 0 Å². The number of hydrogen-bond donors (Lipinski definition) is 2. The molecule has 3 nitrogen and oxygen atoms in total. The lowest BCUT2D eigenvalue weighted by atomic mass is 10.0. The first-order valence-electron chi connectivity index (χ1n) is 7.67. The van der Waals surface area contributed by atoms with E-state index in [4.69, 9.17) is 0 Å². The highest BCUT2D eigenvalue weighted by Crippen LogP contribution is 2.09. The van der Waals surface area contributed by atoms with Crippen LogP contribution in [0.15, 0.2) is 79.4 Å². The molecule has 0 aliphatic rings. The minimum atomic E-state index is -0.153. The highest BCUT2D eigenvalue weighted by Gasteiger charge is 2.12. The van der Waals surface area contributed by atoms with E-state index in [0.717, 1.165) is 5.56 Å². The molecule has 0 radical (unpaired) electrons. The van der Waals surface area contributed by atoms with Crippen LogP contribution in [0, 0.1) is 5.92 Å². The van der Waals surface area contributed by atoms with Crippen LogP contribution >= 0.6 is 0 Å². The Morgan fingerprint density at radius 1 is 1.04 bits per heavy atom. The zero-order valence-corrected chi connectivity index (χ0v) is 13.3. The molecule has 23 heavy (non-hydrogen) atoms. The third-order valence-electron chi connectivity index (χ3n) is 3.62. The summed E-state index contributed by atoms with van der Waals surface area (Å²) in [7, 11) is 0. The summed E-state index contributed by atoms with van der Waals surface area (Å²) >= 11 is 0. The Morgan fingerprint density at radius 2 is 1.65 bits per heavy atom. The number of nitrogens with one attached hydrogen (secondary N) is 2. The summed E-state index contributed by atoms with van der Waals surface area (Å²) in [6.45, 7) is 5.89. The maximum atomic E-state index is 12.1. The molecule has 1 amide bonds. The summed E-state index contributed by atoms with van der Waals surface area (Å²) in [5.74, 6) is 0.0195. The van der Waals surface area contributed by atoms with Gasteiger partial charge in [-0.15, -0.1) is 6.58 Å². The molecule has 0 fully saturated rings. The number of hydrazine groups is 1. The van der Waals surface area contributed by atoms with E-state index in [1.807, 2.05) is 66.8 Å². The highest BCUT2D eigenvalue weighted by molar-refractivity contribution is 5.93. The third-order valence-corrected chi connectivity index (χ3v) is 3.62. The van der Waals surface area contributed by atoms with Crippen LogP contribution in [0.2, 0.25) is 0 Å². The minimum absolute atomic E-state index is 0.0413. The Hall–Kier alpha value is -2.65. The van der Waals surface area contributed by atoms with Crippen molar-refractivity contribution in [1.29, 1.82) is 0 Å². The van der Waals surface area contributed by atoms with Gasteiger partial charge in [0.05, 0.1) is 6.04 Å². The lowest BCUT2D eigenvalue weighted by molar-refractivity contribution is 0.0926. The molecule has 2 atom stereocenters. The van der Waals surface area contributed by atoms with Crippen LogP contribution < -0.4 is 10.9 Å². The van der Waals surface area contributed by atoms with Gasteiger partial charge in [-0.25, -0.2) is 5.43 Å². The van der Waals surface area contributed by atoms with Gasteiger partial charge in [-0.1, -0.05) is 73.7 Å². The minimum Gasteiger partial charge on any atom is -0.287 e. The van der Waals surface area contributed by atoms with Gasteiger partial charge < -0.3 is 0 Å². The van der Waals surface area contributed by atoms with Crippen molar-refractivity contribution in [1.82, 2.24) is 10.9 Å². The van der Waals surface area contributed by atoms with Crippen molar-refractivity contribution in [3.63, 3.8) is 0 Å². The first kappa shape index (κ1) is 16.7. The van der Waals surface area contributed by atoms with E-state index >= 15 is 0 Å². The normalized spacial score (nSPS) is 13.4. The number of carbonyl (C=O) groups excluding carboxylic acids is 1. The van der Waals surface area contributed by atoms with Crippen LogP contribution in [-0.4, -0.2) is 11.9 Å². The lowest BCUT2D eigenvalue weighted by Crippen LogP contribution is -2.45. The average Bonchev–Trinajstić information content (AvgIpc) is 2.62. The third kappa shape index (κ3) is 5.24. The van der Waals surface area contributed by atoms with Crippen molar-refractivity contribution in [2.45, 2.75) is 13.0 Å². The van der Waals surface area contributed by atoms with E-state index in [1.165, 1.54) is 0 Å². The first-order valence-corrected chi connectivity index (χ1v) is 7.67. The predicted molar refractivity (Wildman–Crippen MR) is 95.7 cm³/mol. The van der Waals surface area contributed by atoms with Crippen molar-refractivity contribution >= 4 is 12.0 Å². The van der Waals surface area contributed by atoms with E-state index in [2.05, 4.69) is 24.4 Å². The summed E-state index contributed by atoms with van der Waals surface area (Å²) in [5.41, 5.74) is 7.58. The van der Waals surface area contributed by atoms with E-state index in [1.54, 1.807) is 12.1 Å². The standard InChI is InChI=1S/C20H22N2O/c1-3-16(2)19(15-14-17-10-6-4-7-11-17)21-22-20(23)18-12-8-5-9-13-18/h3-16,19,21H,1H2,2H3,(H,22,23)/b15-14+/t16-,19-/m0/s1. The van der Waals surface area contributed by atoms with Gasteiger partial charge in [0.25, 0.3) is 5.91 Å². The quantitative estimate of drug-likeness (QED) is 0.603. The van der Waals surface area contributed by atoms with Crippen molar-refractivity contribution in [2.24, 2.45) is 5.92 Å². The molecule has 3 heteroatoms. The van der Waals surface area contributed by atoms with Crippen LogP contribution in [0.1, 0.15) is 22.8 Å². The molecule has 0 heterocycles. The van der Waals surface area contributed by atoms with Crippen molar-refractivity contribution < 1.29 is 4.79 Å². The van der Waals surface area contributed by atoms with Gasteiger partial charge in [0, 0.05) is 5.56 Å². The average molecular weight is 306 g/mol. The van der Waals surface area contributed by atoms with Crippen molar-refractivity contribution in [3.05, 3.63) is 90.5 Å². The number of rotatable bonds is 7. The van der Waals surface area contributed by atoms with Crippen LogP contribution in [-0.2, 0) is 0 Å².